The third-order valence-corrected chi connectivity index (χ3v) is 4.76. The highest BCUT2D eigenvalue weighted by Crippen LogP contribution is 2.36. The van der Waals surface area contributed by atoms with Gasteiger partial charge >= 0.3 is 0 Å². The van der Waals surface area contributed by atoms with Crippen molar-refractivity contribution in [3.63, 3.8) is 0 Å². The van der Waals surface area contributed by atoms with Gasteiger partial charge in [-0.05, 0) is 31.0 Å². The van der Waals surface area contributed by atoms with Crippen molar-refractivity contribution in [2.45, 2.75) is 12.8 Å². The molecular weight excluding hydrogens is 396 g/mol. The third-order valence-electron chi connectivity index (χ3n) is 4.76. The van der Waals surface area contributed by atoms with Gasteiger partial charge in [0.05, 0.1) is 24.1 Å². The fourth-order valence-electron chi connectivity index (χ4n) is 3.04. The number of hydrogen-bond acceptors (Lipinski definition) is 7. The summed E-state index contributed by atoms with van der Waals surface area (Å²) in [6.45, 7) is -2.69. The highest BCUT2D eigenvalue weighted by Gasteiger charge is 2.30. The van der Waals surface area contributed by atoms with Crippen LogP contribution in [0, 0.1) is 5.92 Å². The normalized spacial score (nSPS) is 14.5. The Bertz CT molecular complexity index is 1220. The topological polar surface area (TPSA) is 118 Å². The van der Waals surface area contributed by atoms with Crippen molar-refractivity contribution >= 4 is 29.1 Å². The third kappa shape index (κ3) is 4.45. The van der Waals surface area contributed by atoms with Crippen LogP contribution in [0.3, 0.4) is 0 Å². The lowest BCUT2D eigenvalue weighted by Gasteiger charge is -2.16. The first-order valence-electron chi connectivity index (χ1n) is 11.1. The molecule has 0 unspecified atom stereocenters. The molecule has 3 heterocycles. The average Bonchev–Trinajstić information content (AvgIpc) is 3.64. The fourth-order valence-corrected chi connectivity index (χ4v) is 3.04. The molecule has 1 aliphatic carbocycles. The maximum atomic E-state index is 12.7. The smallest absolute Gasteiger partial charge is 0.254 e. The van der Waals surface area contributed by atoms with E-state index >= 15 is 0 Å². The minimum Gasteiger partial charge on any atom is -0.492 e. The van der Waals surface area contributed by atoms with E-state index in [-0.39, 0.29) is 34.7 Å². The van der Waals surface area contributed by atoms with Crippen LogP contribution < -0.4 is 20.7 Å². The number of amides is 2. The first-order valence-corrected chi connectivity index (χ1v) is 9.60. The number of aromatic nitrogens is 3. The van der Waals surface area contributed by atoms with E-state index in [9.17, 15) is 9.59 Å². The summed E-state index contributed by atoms with van der Waals surface area (Å²) in [6, 6.07) is 8.63. The number of ether oxygens (including phenoxy) is 1. The molecule has 9 heteroatoms. The van der Waals surface area contributed by atoms with Gasteiger partial charge in [-0.1, -0.05) is 6.07 Å². The van der Waals surface area contributed by atoms with E-state index < -0.39 is 12.9 Å². The van der Waals surface area contributed by atoms with Gasteiger partial charge in [0.15, 0.2) is 11.6 Å². The van der Waals surface area contributed by atoms with Crippen molar-refractivity contribution in [3.8, 4) is 17.0 Å². The lowest BCUT2D eigenvalue weighted by atomic mass is 10.1. The second-order valence-electron chi connectivity index (χ2n) is 6.91. The molecule has 0 bridgehead atoms. The van der Waals surface area contributed by atoms with Crippen molar-refractivity contribution < 1.29 is 18.4 Å². The fraction of sp³-hybridized carbons (Fsp3) is 0.227. The van der Waals surface area contributed by atoms with Gasteiger partial charge in [0, 0.05) is 47.2 Å². The van der Waals surface area contributed by atoms with E-state index in [4.69, 9.17) is 8.85 Å². The zero-order valence-electron chi connectivity index (χ0n) is 19.7. The Balaban J connectivity index is 1.72. The van der Waals surface area contributed by atoms with Crippen molar-refractivity contribution in [1.29, 1.82) is 0 Å². The predicted molar refractivity (Wildman–Crippen MR) is 116 cm³/mol. The minimum atomic E-state index is -2.69. The number of rotatable bonds is 7. The average molecular weight is 421 g/mol. The van der Waals surface area contributed by atoms with Crippen molar-refractivity contribution in [1.82, 2.24) is 20.3 Å². The summed E-state index contributed by atoms with van der Waals surface area (Å²) in [5.74, 6) is -0.234. The molecule has 31 heavy (non-hydrogen) atoms. The van der Waals surface area contributed by atoms with Gasteiger partial charge in [-0.25, -0.2) is 9.97 Å². The van der Waals surface area contributed by atoms with E-state index in [1.165, 1.54) is 19.4 Å². The van der Waals surface area contributed by atoms with E-state index in [0.717, 1.165) is 12.8 Å². The Morgan fingerprint density at radius 2 is 2.03 bits per heavy atom. The Morgan fingerprint density at radius 3 is 2.74 bits per heavy atom. The lowest BCUT2D eigenvalue weighted by Crippen LogP contribution is -2.20. The number of nitrogens with one attached hydrogen (secondary N) is 3. The van der Waals surface area contributed by atoms with Gasteiger partial charge in [0.25, 0.3) is 5.91 Å². The maximum absolute atomic E-state index is 12.7. The van der Waals surface area contributed by atoms with Crippen LogP contribution in [-0.2, 0) is 4.79 Å². The van der Waals surface area contributed by atoms with Crippen LogP contribution in [0.25, 0.3) is 11.3 Å². The molecule has 1 saturated carbocycles. The summed E-state index contributed by atoms with van der Waals surface area (Å²) in [7, 11) is 1.48. The molecule has 158 valence electrons. The van der Waals surface area contributed by atoms with Gasteiger partial charge < -0.3 is 20.7 Å². The lowest BCUT2D eigenvalue weighted by molar-refractivity contribution is -0.117. The Morgan fingerprint density at radius 1 is 1.16 bits per heavy atom. The molecule has 0 aliphatic heterocycles. The Labute approximate surface area is 183 Å². The molecule has 0 radical (unpaired) electrons. The number of carbonyl (C=O) groups excluding carboxylic acids is 2. The number of hydrogen-bond donors (Lipinski definition) is 3. The van der Waals surface area contributed by atoms with Crippen LogP contribution in [0.4, 0.5) is 17.3 Å². The predicted octanol–water partition coefficient (Wildman–Crippen LogP) is 3.00. The summed E-state index contributed by atoms with van der Waals surface area (Å²) in [5.41, 5.74) is 1.45. The van der Waals surface area contributed by atoms with E-state index in [1.807, 2.05) is 17.4 Å². The summed E-state index contributed by atoms with van der Waals surface area (Å²) >= 11 is 0. The molecule has 3 aromatic heterocycles. The Hall–Kier alpha value is -4.01. The van der Waals surface area contributed by atoms with E-state index in [1.54, 1.807) is 24.5 Å². The number of nitrogens with zero attached hydrogens (tertiary/aromatic N) is 3. The van der Waals surface area contributed by atoms with Crippen molar-refractivity contribution in [3.05, 3.63) is 54.5 Å². The highest BCUT2D eigenvalue weighted by atomic mass is 16.5. The zero-order chi connectivity index (χ0) is 24.3. The van der Waals surface area contributed by atoms with Gasteiger partial charge in [0.1, 0.15) is 5.82 Å². The van der Waals surface area contributed by atoms with Crippen LogP contribution in [0.15, 0.2) is 48.9 Å². The van der Waals surface area contributed by atoms with Crippen molar-refractivity contribution in [2.24, 2.45) is 5.92 Å². The standard InChI is InChI=1S/C22H22N6O3/c1-23-22(30)15-12-26-18(28-21(29)13-6-7-13)11-17(15)27-20-19(31-2)14(8-10-25-20)16-5-3-4-9-24-16/h3-5,8-13H,6-7H2,1-2H3,(H,23,30)(H2,25,26,27,28,29)/i1D3. The summed E-state index contributed by atoms with van der Waals surface area (Å²) in [4.78, 5) is 37.6. The number of anilines is 3. The van der Waals surface area contributed by atoms with E-state index in [0.29, 0.717) is 17.0 Å². The summed E-state index contributed by atoms with van der Waals surface area (Å²) in [6.07, 6.45) is 6.03. The second-order valence-corrected chi connectivity index (χ2v) is 6.91. The van der Waals surface area contributed by atoms with Gasteiger partial charge in [-0.2, -0.15) is 0 Å². The molecule has 0 spiro atoms. The van der Waals surface area contributed by atoms with Crippen LogP contribution in [0.2, 0.25) is 0 Å². The van der Waals surface area contributed by atoms with Crippen LogP contribution in [0.5, 0.6) is 5.75 Å². The maximum Gasteiger partial charge on any atom is 0.254 e. The van der Waals surface area contributed by atoms with Gasteiger partial charge in [0.2, 0.25) is 5.91 Å². The number of methoxy groups -OCH3 is 1. The Kier molecular flexibility index (Phi) is 4.75. The van der Waals surface area contributed by atoms with Crippen LogP contribution in [-0.4, -0.2) is 40.9 Å². The van der Waals surface area contributed by atoms with E-state index in [2.05, 4.69) is 25.6 Å². The molecule has 0 atom stereocenters. The van der Waals surface area contributed by atoms with Crippen LogP contribution >= 0.6 is 0 Å². The first-order chi connectivity index (χ1) is 16.2. The molecule has 1 fully saturated rings. The molecule has 3 aromatic rings. The SMILES string of the molecule is [2H]C([2H])([2H])NC(=O)c1cnc(NC(=O)C2CC2)cc1Nc1nccc(-c2ccccn2)c1OC. The van der Waals surface area contributed by atoms with Gasteiger partial charge in [-0.15, -0.1) is 0 Å². The minimum absolute atomic E-state index is 0.0476. The first kappa shape index (κ1) is 16.8. The van der Waals surface area contributed by atoms with Gasteiger partial charge in [-0.3, -0.25) is 14.6 Å². The van der Waals surface area contributed by atoms with Crippen molar-refractivity contribution in [2.75, 3.05) is 24.7 Å². The summed E-state index contributed by atoms with van der Waals surface area (Å²) in [5, 5.41) is 7.69. The number of pyridine rings is 3. The molecule has 3 N–H and O–H groups in total. The molecule has 0 aromatic carbocycles. The monoisotopic (exact) mass is 421 g/mol. The van der Waals surface area contributed by atoms with Crippen LogP contribution in [0.1, 0.15) is 27.3 Å². The molecule has 2 amide bonds. The molecular formula is C22H22N6O3. The highest BCUT2D eigenvalue weighted by molar-refractivity contribution is 6.01. The largest absolute Gasteiger partial charge is 0.492 e. The second kappa shape index (κ2) is 8.78. The molecule has 9 nitrogen and oxygen atoms in total. The quantitative estimate of drug-likeness (QED) is 0.537. The zero-order valence-corrected chi connectivity index (χ0v) is 16.7. The number of carbonyl (C=O) groups is 2. The molecule has 0 saturated heterocycles. The molecule has 4 rings (SSSR count). The summed E-state index contributed by atoms with van der Waals surface area (Å²) < 4.78 is 27.6. The molecule has 1 aliphatic rings.